The summed E-state index contributed by atoms with van der Waals surface area (Å²) in [6.07, 6.45) is 2.22. The number of esters is 1. The van der Waals surface area contributed by atoms with E-state index in [1.807, 2.05) is 0 Å². The van der Waals surface area contributed by atoms with Crippen molar-refractivity contribution in [3.05, 3.63) is 28.8 Å². The Bertz CT molecular complexity index is 501. The van der Waals surface area contributed by atoms with E-state index in [0.29, 0.717) is 11.1 Å². The lowest BCUT2D eigenvalue weighted by atomic mass is 10.2. The first-order chi connectivity index (χ1) is 9.08. The summed E-state index contributed by atoms with van der Waals surface area (Å²) in [6.45, 7) is 0.0311. The van der Waals surface area contributed by atoms with E-state index in [4.69, 9.17) is 22.1 Å². The zero-order valence-electron chi connectivity index (χ0n) is 10.3. The van der Waals surface area contributed by atoms with E-state index in [9.17, 15) is 9.59 Å². The number of rotatable bonds is 5. The average Bonchev–Trinajstić information content (AvgIpc) is 3.16. The van der Waals surface area contributed by atoms with Gasteiger partial charge in [0.25, 0.3) is 0 Å². The third kappa shape index (κ3) is 3.86. The molecule has 1 aromatic rings. The number of benzene rings is 1. The molecule has 0 unspecified atom stereocenters. The number of hydrogen-bond acceptors (Lipinski definition) is 4. The van der Waals surface area contributed by atoms with E-state index in [0.717, 1.165) is 12.8 Å². The maximum absolute atomic E-state index is 11.7. The molecule has 0 saturated heterocycles. The monoisotopic (exact) mass is 282 g/mol. The molecule has 6 heteroatoms. The number of hydrogen-bond donors (Lipinski definition) is 2. The Kier molecular flexibility index (Phi) is 4.27. The Morgan fingerprint density at radius 3 is 2.84 bits per heavy atom. The van der Waals surface area contributed by atoms with Gasteiger partial charge >= 0.3 is 5.97 Å². The molecule has 19 heavy (non-hydrogen) atoms. The first-order valence-corrected chi connectivity index (χ1v) is 6.46. The highest BCUT2D eigenvalue weighted by molar-refractivity contribution is 6.33. The number of nitrogen functional groups attached to an aromatic ring is 1. The topological polar surface area (TPSA) is 81.4 Å². The van der Waals surface area contributed by atoms with Crippen LogP contribution in [0, 0.1) is 0 Å². The van der Waals surface area contributed by atoms with Crippen molar-refractivity contribution in [2.75, 3.05) is 12.3 Å². The molecule has 0 aliphatic heterocycles. The van der Waals surface area contributed by atoms with Crippen LogP contribution in [0.1, 0.15) is 29.6 Å². The summed E-state index contributed by atoms with van der Waals surface area (Å²) in [5, 5.41) is 3.12. The second-order valence-corrected chi connectivity index (χ2v) is 4.84. The predicted molar refractivity (Wildman–Crippen MR) is 71.9 cm³/mol. The van der Waals surface area contributed by atoms with Crippen LogP contribution in [0.2, 0.25) is 5.02 Å². The van der Waals surface area contributed by atoms with Crippen molar-refractivity contribution in [1.82, 2.24) is 5.32 Å². The van der Waals surface area contributed by atoms with E-state index in [1.165, 1.54) is 6.07 Å². The maximum Gasteiger partial charge on any atom is 0.340 e. The predicted octanol–water partition coefficient (Wildman–Crippen LogP) is 1.75. The number of nitrogens with two attached hydrogens (primary N) is 1. The number of carbonyl (C=O) groups excluding carboxylic acids is 2. The van der Waals surface area contributed by atoms with E-state index in [2.05, 4.69) is 5.32 Å². The molecule has 1 aliphatic rings. The first kappa shape index (κ1) is 13.7. The minimum atomic E-state index is -0.570. The molecule has 0 radical (unpaired) electrons. The number of carbonyl (C=O) groups is 2. The van der Waals surface area contributed by atoms with Gasteiger partial charge < -0.3 is 15.8 Å². The summed E-state index contributed by atoms with van der Waals surface area (Å²) >= 11 is 5.81. The summed E-state index contributed by atoms with van der Waals surface area (Å²) in [7, 11) is 0. The first-order valence-electron chi connectivity index (χ1n) is 6.08. The van der Waals surface area contributed by atoms with Crippen LogP contribution in [0.25, 0.3) is 0 Å². The Balaban J connectivity index is 1.80. The van der Waals surface area contributed by atoms with Gasteiger partial charge in [-0.1, -0.05) is 17.7 Å². The maximum atomic E-state index is 11.7. The molecule has 3 N–H and O–H groups in total. The molecule has 102 valence electrons. The molecule has 1 aromatic carbocycles. The second kappa shape index (κ2) is 5.93. The minimum Gasteiger partial charge on any atom is -0.461 e. The van der Waals surface area contributed by atoms with E-state index >= 15 is 0 Å². The van der Waals surface area contributed by atoms with Gasteiger partial charge in [0.2, 0.25) is 5.91 Å². The van der Waals surface area contributed by atoms with Crippen LogP contribution in [-0.2, 0) is 9.53 Å². The van der Waals surface area contributed by atoms with Crippen LogP contribution >= 0.6 is 11.6 Å². The van der Waals surface area contributed by atoms with Gasteiger partial charge in [0, 0.05) is 6.04 Å². The summed E-state index contributed by atoms with van der Waals surface area (Å²) < 4.78 is 5.00. The molecular weight excluding hydrogens is 268 g/mol. The van der Waals surface area contributed by atoms with Crippen molar-refractivity contribution in [2.24, 2.45) is 0 Å². The normalized spacial score (nSPS) is 13.9. The number of para-hydroxylation sites is 1. The van der Waals surface area contributed by atoms with Crippen molar-refractivity contribution in [3.8, 4) is 0 Å². The Labute approximate surface area is 116 Å². The average molecular weight is 283 g/mol. The highest BCUT2D eigenvalue weighted by Crippen LogP contribution is 2.23. The summed E-state index contributed by atoms with van der Waals surface area (Å²) in [5.41, 5.74) is 6.09. The van der Waals surface area contributed by atoms with E-state index in [-0.39, 0.29) is 30.2 Å². The summed E-state index contributed by atoms with van der Waals surface area (Å²) in [6, 6.07) is 5.06. The Morgan fingerprint density at radius 2 is 2.16 bits per heavy atom. The highest BCUT2D eigenvalue weighted by atomic mass is 35.5. The zero-order chi connectivity index (χ0) is 13.8. The molecule has 1 amide bonds. The highest BCUT2D eigenvalue weighted by Gasteiger charge is 2.23. The zero-order valence-corrected chi connectivity index (χ0v) is 11.1. The molecule has 0 bridgehead atoms. The molecule has 1 saturated carbocycles. The standard InChI is InChI=1S/C13H15ClN2O3/c14-10-3-1-2-9(12(10)15)13(18)19-7-6-11(17)16-8-4-5-8/h1-3,8H,4-7,15H2,(H,16,17). The fourth-order valence-corrected chi connectivity index (χ4v) is 1.73. The third-order valence-corrected chi connectivity index (χ3v) is 3.11. The van der Waals surface area contributed by atoms with Gasteiger partial charge in [-0.05, 0) is 25.0 Å². The van der Waals surface area contributed by atoms with Gasteiger partial charge in [0.05, 0.1) is 22.7 Å². The van der Waals surface area contributed by atoms with Gasteiger partial charge in [0.1, 0.15) is 6.61 Å². The van der Waals surface area contributed by atoms with Gasteiger partial charge in [-0.15, -0.1) is 0 Å². The fraction of sp³-hybridized carbons (Fsp3) is 0.385. The lowest BCUT2D eigenvalue weighted by molar-refractivity contribution is -0.121. The van der Waals surface area contributed by atoms with Crippen molar-refractivity contribution < 1.29 is 14.3 Å². The Hall–Kier alpha value is -1.75. The molecule has 0 heterocycles. The molecule has 1 fully saturated rings. The van der Waals surface area contributed by atoms with Crippen LogP contribution in [0.5, 0.6) is 0 Å². The lowest BCUT2D eigenvalue weighted by Gasteiger charge is -2.08. The van der Waals surface area contributed by atoms with Crippen LogP contribution in [-0.4, -0.2) is 24.5 Å². The summed E-state index contributed by atoms with van der Waals surface area (Å²) in [4.78, 5) is 23.1. The van der Waals surface area contributed by atoms with Gasteiger partial charge in [-0.25, -0.2) is 4.79 Å². The molecule has 0 aromatic heterocycles. The molecule has 2 rings (SSSR count). The van der Waals surface area contributed by atoms with E-state index < -0.39 is 5.97 Å². The quantitative estimate of drug-likeness (QED) is 0.637. The minimum absolute atomic E-state index is 0.0311. The van der Waals surface area contributed by atoms with Gasteiger partial charge in [0.15, 0.2) is 0 Å². The van der Waals surface area contributed by atoms with Crippen molar-refractivity contribution in [3.63, 3.8) is 0 Å². The van der Waals surface area contributed by atoms with E-state index in [1.54, 1.807) is 12.1 Å². The van der Waals surface area contributed by atoms with Crippen molar-refractivity contribution in [1.29, 1.82) is 0 Å². The Morgan fingerprint density at radius 1 is 1.42 bits per heavy atom. The van der Waals surface area contributed by atoms with Gasteiger partial charge in [-0.2, -0.15) is 0 Å². The third-order valence-electron chi connectivity index (χ3n) is 2.78. The number of ether oxygens (including phenoxy) is 1. The van der Waals surface area contributed by atoms with Crippen LogP contribution in [0.3, 0.4) is 0 Å². The smallest absolute Gasteiger partial charge is 0.340 e. The molecular formula is C13H15ClN2O3. The molecule has 0 atom stereocenters. The van der Waals surface area contributed by atoms with Crippen LogP contribution in [0.15, 0.2) is 18.2 Å². The van der Waals surface area contributed by atoms with Gasteiger partial charge in [-0.3, -0.25) is 4.79 Å². The van der Waals surface area contributed by atoms with Crippen LogP contribution in [0.4, 0.5) is 5.69 Å². The second-order valence-electron chi connectivity index (χ2n) is 4.43. The number of nitrogens with one attached hydrogen (secondary N) is 1. The molecule has 0 spiro atoms. The molecule has 5 nitrogen and oxygen atoms in total. The largest absolute Gasteiger partial charge is 0.461 e. The number of halogens is 1. The SMILES string of the molecule is Nc1c(Cl)cccc1C(=O)OCCC(=O)NC1CC1. The number of amides is 1. The summed E-state index contributed by atoms with van der Waals surface area (Å²) in [5.74, 6) is -0.673. The number of anilines is 1. The lowest BCUT2D eigenvalue weighted by Crippen LogP contribution is -2.26. The van der Waals surface area contributed by atoms with Crippen molar-refractivity contribution in [2.45, 2.75) is 25.3 Å². The fourth-order valence-electron chi connectivity index (χ4n) is 1.56. The van der Waals surface area contributed by atoms with Crippen molar-refractivity contribution >= 4 is 29.2 Å². The molecule has 1 aliphatic carbocycles. The van der Waals surface area contributed by atoms with Crippen LogP contribution < -0.4 is 11.1 Å².